The van der Waals surface area contributed by atoms with Crippen LogP contribution in [0.3, 0.4) is 0 Å². The van der Waals surface area contributed by atoms with E-state index < -0.39 is 11.9 Å². The molecular formula is C18H20FN3O3. The van der Waals surface area contributed by atoms with Crippen molar-refractivity contribution in [2.24, 2.45) is 0 Å². The topological polar surface area (TPSA) is 65.8 Å². The number of piperazine rings is 1. The number of benzene rings is 1. The number of rotatable bonds is 4. The van der Waals surface area contributed by atoms with Gasteiger partial charge in [0.25, 0.3) is 5.91 Å². The Morgan fingerprint density at radius 3 is 2.48 bits per heavy atom. The van der Waals surface area contributed by atoms with Gasteiger partial charge in [-0.1, -0.05) is 12.1 Å². The molecule has 1 atom stereocenters. The van der Waals surface area contributed by atoms with Crippen LogP contribution in [0.5, 0.6) is 0 Å². The lowest BCUT2D eigenvalue weighted by atomic mass is 10.2. The number of para-hydroxylation sites is 1. The van der Waals surface area contributed by atoms with E-state index in [1.807, 2.05) is 4.90 Å². The summed E-state index contributed by atoms with van der Waals surface area (Å²) in [7, 11) is 0. The summed E-state index contributed by atoms with van der Waals surface area (Å²) in [6, 6.07) is 8.98. The van der Waals surface area contributed by atoms with Crippen molar-refractivity contribution in [1.82, 2.24) is 9.80 Å². The predicted molar refractivity (Wildman–Crippen MR) is 90.7 cm³/mol. The molecule has 2 aromatic rings. The summed E-state index contributed by atoms with van der Waals surface area (Å²) in [6.45, 7) is 3.94. The fourth-order valence-electron chi connectivity index (χ4n) is 2.83. The number of carbonyl (C=O) groups excluding carboxylic acids is 2. The standard InChI is InChI=1S/C18H20FN3O3/c1-13(17(23)20-15-6-3-2-5-14(15)19)21-8-10-22(11-9-21)18(24)16-7-4-12-25-16/h2-7,12-13H,8-11H2,1H3,(H,20,23). The van der Waals surface area contributed by atoms with Crippen molar-refractivity contribution >= 4 is 17.5 Å². The van der Waals surface area contributed by atoms with E-state index in [0.717, 1.165) is 0 Å². The Labute approximate surface area is 145 Å². The van der Waals surface area contributed by atoms with Crippen molar-refractivity contribution in [2.75, 3.05) is 31.5 Å². The van der Waals surface area contributed by atoms with Crippen molar-refractivity contribution in [2.45, 2.75) is 13.0 Å². The van der Waals surface area contributed by atoms with Crippen molar-refractivity contribution in [1.29, 1.82) is 0 Å². The molecule has 0 spiro atoms. The van der Waals surface area contributed by atoms with Crippen LogP contribution in [-0.2, 0) is 4.79 Å². The van der Waals surface area contributed by atoms with Crippen LogP contribution in [0, 0.1) is 5.82 Å². The monoisotopic (exact) mass is 345 g/mol. The number of carbonyl (C=O) groups is 2. The number of hydrogen-bond acceptors (Lipinski definition) is 4. The Hall–Kier alpha value is -2.67. The molecule has 1 unspecified atom stereocenters. The molecule has 1 saturated heterocycles. The first-order valence-electron chi connectivity index (χ1n) is 8.18. The second-order valence-electron chi connectivity index (χ2n) is 5.95. The van der Waals surface area contributed by atoms with Gasteiger partial charge in [0.15, 0.2) is 5.76 Å². The summed E-state index contributed by atoms with van der Waals surface area (Å²) in [5.41, 5.74) is 0.172. The van der Waals surface area contributed by atoms with Crippen molar-refractivity contribution < 1.29 is 18.4 Å². The van der Waals surface area contributed by atoms with Gasteiger partial charge < -0.3 is 14.6 Å². The van der Waals surface area contributed by atoms with E-state index in [1.165, 1.54) is 18.4 Å². The molecule has 1 aromatic carbocycles. The van der Waals surface area contributed by atoms with Crippen LogP contribution in [0.2, 0.25) is 0 Å². The zero-order valence-electron chi connectivity index (χ0n) is 13.9. The number of amides is 2. The van der Waals surface area contributed by atoms with E-state index in [4.69, 9.17) is 4.42 Å². The third-order valence-corrected chi connectivity index (χ3v) is 4.39. The zero-order chi connectivity index (χ0) is 17.8. The second-order valence-corrected chi connectivity index (χ2v) is 5.95. The molecule has 1 N–H and O–H groups in total. The minimum atomic E-state index is -0.461. The van der Waals surface area contributed by atoms with E-state index in [2.05, 4.69) is 5.32 Å². The molecule has 0 saturated carbocycles. The molecular weight excluding hydrogens is 325 g/mol. The highest BCUT2D eigenvalue weighted by Gasteiger charge is 2.28. The molecule has 1 aliphatic heterocycles. The Kier molecular flexibility index (Phi) is 5.14. The molecule has 6 nitrogen and oxygen atoms in total. The summed E-state index contributed by atoms with van der Waals surface area (Å²) in [5, 5.41) is 2.61. The van der Waals surface area contributed by atoms with E-state index >= 15 is 0 Å². The van der Waals surface area contributed by atoms with Crippen LogP contribution in [0.15, 0.2) is 47.1 Å². The predicted octanol–water partition coefficient (Wildman–Crippen LogP) is 2.20. The molecule has 2 amide bonds. The van der Waals surface area contributed by atoms with Crippen LogP contribution in [-0.4, -0.2) is 53.8 Å². The average Bonchev–Trinajstić information content (AvgIpc) is 3.17. The Bertz CT molecular complexity index is 740. The molecule has 1 fully saturated rings. The van der Waals surface area contributed by atoms with Crippen molar-refractivity contribution in [3.05, 3.63) is 54.2 Å². The van der Waals surface area contributed by atoms with Crippen LogP contribution in [0.25, 0.3) is 0 Å². The maximum Gasteiger partial charge on any atom is 0.289 e. The summed E-state index contributed by atoms with van der Waals surface area (Å²) < 4.78 is 18.8. The summed E-state index contributed by atoms with van der Waals surface area (Å²) >= 11 is 0. The lowest BCUT2D eigenvalue weighted by molar-refractivity contribution is -0.121. The Morgan fingerprint density at radius 2 is 1.84 bits per heavy atom. The fraction of sp³-hybridized carbons (Fsp3) is 0.333. The van der Waals surface area contributed by atoms with Gasteiger partial charge in [0.2, 0.25) is 5.91 Å². The zero-order valence-corrected chi connectivity index (χ0v) is 13.9. The van der Waals surface area contributed by atoms with Gasteiger partial charge in [0, 0.05) is 26.2 Å². The molecule has 3 rings (SSSR count). The summed E-state index contributed by atoms with van der Waals surface area (Å²) in [5.74, 6) is -0.556. The van der Waals surface area contributed by atoms with Gasteiger partial charge in [0.05, 0.1) is 18.0 Å². The number of anilines is 1. The maximum absolute atomic E-state index is 13.6. The van der Waals surface area contributed by atoms with Crippen LogP contribution in [0.1, 0.15) is 17.5 Å². The Balaban J connectivity index is 1.54. The lowest BCUT2D eigenvalue weighted by Gasteiger charge is -2.37. The molecule has 2 heterocycles. The van der Waals surface area contributed by atoms with Crippen LogP contribution in [0.4, 0.5) is 10.1 Å². The summed E-state index contributed by atoms with van der Waals surface area (Å²) in [6.07, 6.45) is 1.47. The first kappa shape index (κ1) is 17.2. The molecule has 1 aliphatic rings. The number of nitrogens with zero attached hydrogens (tertiary/aromatic N) is 2. The van der Waals surface area contributed by atoms with Crippen LogP contribution >= 0.6 is 0 Å². The lowest BCUT2D eigenvalue weighted by Crippen LogP contribution is -2.54. The molecule has 0 aliphatic carbocycles. The molecule has 0 bridgehead atoms. The number of furan rings is 1. The van der Waals surface area contributed by atoms with Gasteiger partial charge in [-0.3, -0.25) is 14.5 Å². The molecule has 0 radical (unpaired) electrons. The van der Waals surface area contributed by atoms with Crippen molar-refractivity contribution in [3.63, 3.8) is 0 Å². The van der Waals surface area contributed by atoms with Gasteiger partial charge >= 0.3 is 0 Å². The fourth-order valence-corrected chi connectivity index (χ4v) is 2.83. The largest absolute Gasteiger partial charge is 0.459 e. The van der Waals surface area contributed by atoms with Gasteiger partial charge in [-0.05, 0) is 31.2 Å². The smallest absolute Gasteiger partial charge is 0.289 e. The van der Waals surface area contributed by atoms with Gasteiger partial charge in [-0.25, -0.2) is 4.39 Å². The molecule has 25 heavy (non-hydrogen) atoms. The Morgan fingerprint density at radius 1 is 1.12 bits per heavy atom. The molecule has 7 heteroatoms. The number of hydrogen-bond donors (Lipinski definition) is 1. The first-order chi connectivity index (χ1) is 12.1. The van der Waals surface area contributed by atoms with Gasteiger partial charge in [-0.15, -0.1) is 0 Å². The molecule has 1 aromatic heterocycles. The van der Waals surface area contributed by atoms with Crippen LogP contribution < -0.4 is 5.32 Å². The first-order valence-corrected chi connectivity index (χ1v) is 8.18. The highest BCUT2D eigenvalue weighted by Crippen LogP contribution is 2.15. The average molecular weight is 345 g/mol. The minimum absolute atomic E-state index is 0.145. The van der Waals surface area contributed by atoms with Crippen molar-refractivity contribution in [3.8, 4) is 0 Å². The third kappa shape index (κ3) is 3.88. The number of nitrogens with one attached hydrogen (secondary N) is 1. The van der Waals surface area contributed by atoms with Gasteiger partial charge in [0.1, 0.15) is 5.82 Å². The summed E-state index contributed by atoms with van der Waals surface area (Å²) in [4.78, 5) is 28.3. The number of halogens is 1. The quantitative estimate of drug-likeness (QED) is 0.923. The maximum atomic E-state index is 13.6. The van der Waals surface area contributed by atoms with E-state index in [1.54, 1.807) is 36.1 Å². The normalized spacial score (nSPS) is 16.5. The van der Waals surface area contributed by atoms with E-state index in [0.29, 0.717) is 31.9 Å². The second kappa shape index (κ2) is 7.48. The third-order valence-electron chi connectivity index (χ3n) is 4.39. The van der Waals surface area contributed by atoms with E-state index in [9.17, 15) is 14.0 Å². The highest BCUT2D eigenvalue weighted by molar-refractivity contribution is 5.94. The highest BCUT2D eigenvalue weighted by atomic mass is 19.1. The minimum Gasteiger partial charge on any atom is -0.459 e. The molecule has 132 valence electrons. The van der Waals surface area contributed by atoms with E-state index in [-0.39, 0.29) is 17.5 Å². The SMILES string of the molecule is CC(C(=O)Nc1ccccc1F)N1CCN(C(=O)c2ccco2)CC1. The van der Waals surface area contributed by atoms with Gasteiger partial charge in [-0.2, -0.15) is 0 Å².